The van der Waals surface area contributed by atoms with Gasteiger partial charge in [-0.15, -0.1) is 10.2 Å². The molecule has 8 nitrogen and oxygen atoms in total. The predicted molar refractivity (Wildman–Crippen MR) is 164 cm³/mol. The van der Waals surface area contributed by atoms with E-state index in [0.29, 0.717) is 13.0 Å². The van der Waals surface area contributed by atoms with Gasteiger partial charge in [0.05, 0.1) is 18.8 Å². The molecule has 42 heavy (non-hydrogen) atoms. The van der Waals surface area contributed by atoms with E-state index >= 15 is 0 Å². The van der Waals surface area contributed by atoms with Crippen LogP contribution in [0.25, 0.3) is 11.1 Å². The first kappa shape index (κ1) is 29.9. The minimum absolute atomic E-state index is 0.00298. The Bertz CT molecular complexity index is 1480. The maximum atomic E-state index is 11.9. The summed E-state index contributed by atoms with van der Waals surface area (Å²) in [4.78, 5) is 11.9. The first-order valence-electron chi connectivity index (χ1n) is 13.7. The maximum Gasteiger partial charge on any atom is 0.407 e. The third kappa shape index (κ3) is 7.84. The number of carbonyl (C=O) groups excluding carboxylic acids is 1. The molecule has 1 aromatic heterocycles. The number of ether oxygens (including phenoxy) is 3. The summed E-state index contributed by atoms with van der Waals surface area (Å²) in [6.07, 6.45) is 0.978. The molecule has 0 unspecified atom stereocenters. The molecule has 3 aromatic carbocycles. The summed E-state index contributed by atoms with van der Waals surface area (Å²) in [5, 5.41) is 21.6. The number of aryl methyl sites for hydroxylation is 1. The van der Waals surface area contributed by atoms with E-state index in [-0.39, 0.29) is 25.4 Å². The van der Waals surface area contributed by atoms with Crippen LogP contribution in [0.15, 0.2) is 89.8 Å². The fourth-order valence-corrected chi connectivity index (χ4v) is 6.51. The highest BCUT2D eigenvalue weighted by molar-refractivity contribution is 8.01. The number of alkyl carbamates (subject to hydrolysis) is 1. The lowest BCUT2D eigenvalue weighted by molar-refractivity contribution is -0.245. The number of hydrogen-bond donors (Lipinski definition) is 2. The topological polar surface area (TPSA) is 103 Å². The van der Waals surface area contributed by atoms with Gasteiger partial charge in [-0.3, -0.25) is 0 Å². The van der Waals surface area contributed by atoms with Crippen molar-refractivity contribution in [1.29, 1.82) is 0 Å². The Labute approximate surface area is 253 Å². The molecule has 1 fully saturated rings. The van der Waals surface area contributed by atoms with Crippen LogP contribution in [0, 0.1) is 6.92 Å². The minimum Gasteiger partial charge on any atom is -0.445 e. The van der Waals surface area contributed by atoms with Crippen LogP contribution in [-0.2, 0) is 27.4 Å². The Morgan fingerprint density at radius 3 is 2.57 bits per heavy atom. The van der Waals surface area contributed by atoms with Crippen molar-refractivity contribution in [1.82, 2.24) is 15.5 Å². The Morgan fingerprint density at radius 2 is 1.86 bits per heavy atom. The lowest BCUT2D eigenvalue weighted by atomic mass is 9.98. The van der Waals surface area contributed by atoms with E-state index in [0.717, 1.165) is 48.5 Å². The minimum atomic E-state index is -0.548. The fraction of sp³-hybridized carbons (Fsp3) is 0.281. The van der Waals surface area contributed by atoms with Crippen LogP contribution >= 0.6 is 23.1 Å². The third-order valence-corrected chi connectivity index (χ3v) is 8.89. The second-order valence-corrected chi connectivity index (χ2v) is 12.2. The van der Waals surface area contributed by atoms with E-state index in [1.165, 1.54) is 6.08 Å². The lowest BCUT2D eigenvalue weighted by Crippen LogP contribution is -2.31. The molecular formula is C32H33N3O5S2. The molecule has 0 saturated carbocycles. The van der Waals surface area contributed by atoms with Crippen LogP contribution < -0.4 is 5.32 Å². The number of hydrogen-bond acceptors (Lipinski definition) is 9. The molecule has 1 aliphatic heterocycles. The summed E-state index contributed by atoms with van der Waals surface area (Å²) in [5.41, 5.74) is 5.83. The third-order valence-electron chi connectivity index (χ3n) is 6.78. The van der Waals surface area contributed by atoms with Crippen molar-refractivity contribution in [3.8, 4) is 11.1 Å². The molecule has 1 saturated heterocycles. The van der Waals surface area contributed by atoms with Crippen molar-refractivity contribution >= 4 is 29.2 Å². The van der Waals surface area contributed by atoms with Gasteiger partial charge in [-0.2, -0.15) is 0 Å². The van der Waals surface area contributed by atoms with Gasteiger partial charge in [-0.05, 0) is 34.7 Å². The number of carbonyl (C=O) groups is 1. The summed E-state index contributed by atoms with van der Waals surface area (Å²) in [6.45, 7) is 6.02. The molecule has 5 rings (SSSR count). The van der Waals surface area contributed by atoms with Crippen LogP contribution in [0.1, 0.15) is 46.1 Å². The summed E-state index contributed by atoms with van der Waals surface area (Å²) in [5.74, 6) is 0.730. The summed E-state index contributed by atoms with van der Waals surface area (Å²) in [6, 6.07) is 24.0. The molecular weight excluding hydrogens is 571 g/mol. The predicted octanol–water partition coefficient (Wildman–Crippen LogP) is 6.76. The van der Waals surface area contributed by atoms with Crippen LogP contribution in [0.2, 0.25) is 0 Å². The normalized spacial score (nSPS) is 18.4. The van der Waals surface area contributed by atoms with E-state index in [4.69, 9.17) is 14.2 Å². The van der Waals surface area contributed by atoms with Gasteiger partial charge in [-0.25, -0.2) is 4.79 Å². The van der Waals surface area contributed by atoms with E-state index in [9.17, 15) is 9.90 Å². The van der Waals surface area contributed by atoms with Gasteiger partial charge in [0.1, 0.15) is 11.6 Å². The van der Waals surface area contributed by atoms with Gasteiger partial charge < -0.3 is 24.6 Å². The second-order valence-electron chi connectivity index (χ2n) is 9.77. The molecule has 218 valence electrons. The van der Waals surface area contributed by atoms with Gasteiger partial charge in [-0.1, -0.05) is 109 Å². The molecule has 0 radical (unpaired) electrons. The van der Waals surface area contributed by atoms with Crippen molar-refractivity contribution in [3.05, 3.63) is 113 Å². The lowest BCUT2D eigenvalue weighted by Gasteiger charge is -2.36. The number of aliphatic hydroxyl groups excluding tert-OH is 1. The fourth-order valence-electron chi connectivity index (χ4n) is 4.65. The highest BCUT2D eigenvalue weighted by atomic mass is 32.2. The number of amides is 1. The largest absolute Gasteiger partial charge is 0.445 e. The molecule has 0 aliphatic carbocycles. The zero-order chi connectivity index (χ0) is 29.3. The van der Waals surface area contributed by atoms with E-state index < -0.39 is 12.4 Å². The second kappa shape index (κ2) is 14.6. The summed E-state index contributed by atoms with van der Waals surface area (Å²) >= 11 is 3.23. The maximum absolute atomic E-state index is 11.9. The molecule has 10 heteroatoms. The number of nitrogens with one attached hydrogen (secondary N) is 1. The van der Waals surface area contributed by atoms with E-state index in [1.807, 2.05) is 79.7 Å². The van der Waals surface area contributed by atoms with Crippen molar-refractivity contribution < 1.29 is 24.1 Å². The molecule has 1 aliphatic rings. The number of rotatable bonds is 11. The molecule has 3 atom stereocenters. The standard InChI is InChI=1S/C32H33N3O5S2/c1-3-16-38-31(37)33-18-26-6-4-5-7-28(26)23-12-14-25(15-13-23)30-39-27(20-41-32-35-34-21(2)42-32)17-29(40-30)24-10-8-22(19-36)9-11-24/h3-15,27,29-30,36H,1,16-20H2,2H3,(H,33,37)/t27-,29+,30+/m0/s1. The summed E-state index contributed by atoms with van der Waals surface area (Å²) in [7, 11) is 0. The van der Waals surface area contributed by atoms with Crippen LogP contribution in [0.5, 0.6) is 0 Å². The Morgan fingerprint density at radius 1 is 1.10 bits per heavy atom. The zero-order valence-corrected chi connectivity index (χ0v) is 24.9. The monoisotopic (exact) mass is 603 g/mol. The van der Waals surface area contributed by atoms with Crippen LogP contribution in [0.4, 0.5) is 4.79 Å². The number of aliphatic hydroxyl groups is 1. The number of thioether (sulfide) groups is 1. The van der Waals surface area contributed by atoms with Gasteiger partial charge in [0.2, 0.25) is 0 Å². The Kier molecular flexibility index (Phi) is 10.4. The van der Waals surface area contributed by atoms with E-state index in [1.54, 1.807) is 23.1 Å². The molecule has 2 N–H and O–H groups in total. The molecule has 0 bridgehead atoms. The van der Waals surface area contributed by atoms with Crippen molar-refractivity contribution in [3.63, 3.8) is 0 Å². The van der Waals surface area contributed by atoms with Crippen molar-refractivity contribution in [2.75, 3.05) is 12.4 Å². The molecule has 1 amide bonds. The van der Waals surface area contributed by atoms with Gasteiger partial charge in [0.25, 0.3) is 0 Å². The smallest absolute Gasteiger partial charge is 0.407 e. The molecule has 2 heterocycles. The first-order chi connectivity index (χ1) is 20.5. The highest BCUT2D eigenvalue weighted by Crippen LogP contribution is 2.40. The van der Waals surface area contributed by atoms with E-state index in [2.05, 4.69) is 22.1 Å². The van der Waals surface area contributed by atoms with Gasteiger partial charge in [0.15, 0.2) is 10.6 Å². The molecule has 0 spiro atoms. The van der Waals surface area contributed by atoms with Crippen LogP contribution in [-0.4, -0.2) is 39.9 Å². The molecule has 4 aromatic rings. The number of aromatic nitrogens is 2. The Hall–Kier alpha value is -3.54. The Balaban J connectivity index is 1.32. The first-order valence-corrected chi connectivity index (χ1v) is 15.5. The van der Waals surface area contributed by atoms with Gasteiger partial charge in [0, 0.05) is 24.3 Å². The highest BCUT2D eigenvalue weighted by Gasteiger charge is 2.32. The number of benzene rings is 3. The van der Waals surface area contributed by atoms with Crippen molar-refractivity contribution in [2.24, 2.45) is 0 Å². The number of nitrogens with zero attached hydrogens (tertiary/aromatic N) is 2. The average Bonchev–Trinajstić information content (AvgIpc) is 3.46. The van der Waals surface area contributed by atoms with Crippen molar-refractivity contribution in [2.45, 2.75) is 49.3 Å². The SMILES string of the molecule is C=CCOC(=O)NCc1ccccc1-c1ccc([C@@H]2O[C@H](CSc3nnc(C)s3)C[C@H](c3ccc(CO)cc3)O2)cc1. The summed E-state index contributed by atoms with van der Waals surface area (Å²) < 4.78 is 18.9. The average molecular weight is 604 g/mol. The zero-order valence-electron chi connectivity index (χ0n) is 23.3. The van der Waals surface area contributed by atoms with Gasteiger partial charge >= 0.3 is 6.09 Å². The quantitative estimate of drug-likeness (QED) is 0.143. The van der Waals surface area contributed by atoms with Crippen LogP contribution in [0.3, 0.4) is 0 Å².